The molecule has 0 aromatic rings. The number of nitrogens with zero attached hydrogens (tertiary/aromatic N) is 2. The van der Waals surface area contributed by atoms with Crippen molar-refractivity contribution in [3.8, 4) is 0 Å². The van der Waals surface area contributed by atoms with Gasteiger partial charge in [-0.15, -0.1) is 0 Å². The smallest absolute Gasteiger partial charge is 0.279 e. The van der Waals surface area contributed by atoms with Gasteiger partial charge in [0.25, 0.3) is 10.2 Å². The van der Waals surface area contributed by atoms with Crippen LogP contribution in [0.15, 0.2) is 0 Å². The van der Waals surface area contributed by atoms with Crippen molar-refractivity contribution < 1.29 is 13.2 Å². The van der Waals surface area contributed by atoms with Gasteiger partial charge in [0.15, 0.2) is 0 Å². The first-order valence-corrected chi connectivity index (χ1v) is 10.1. The molecular weight excluding hydrogens is 314 g/mol. The molecule has 0 bridgehead atoms. The molecular formula is C16H31N3O3S. The molecule has 0 aromatic carbocycles. The molecule has 2 fully saturated rings. The fourth-order valence-corrected chi connectivity index (χ4v) is 4.98. The average Bonchev–Trinajstić information content (AvgIpc) is 2.81. The Hall–Kier alpha value is -0.660. The Bertz CT molecular complexity index is 523. The van der Waals surface area contributed by atoms with Crippen LogP contribution in [0.4, 0.5) is 0 Å². The van der Waals surface area contributed by atoms with Crippen LogP contribution in [0.3, 0.4) is 0 Å². The lowest BCUT2D eigenvalue weighted by molar-refractivity contribution is -0.127. The minimum absolute atomic E-state index is 0.0209. The number of amides is 1. The molecule has 2 heterocycles. The molecule has 0 unspecified atom stereocenters. The molecule has 134 valence electrons. The summed E-state index contributed by atoms with van der Waals surface area (Å²) in [5.74, 6) is 0.229. The van der Waals surface area contributed by atoms with Crippen LogP contribution < -0.4 is 4.72 Å². The predicted molar refractivity (Wildman–Crippen MR) is 91.1 cm³/mol. The maximum absolute atomic E-state index is 12.7. The number of nitrogens with one attached hydrogen (secondary N) is 1. The Morgan fingerprint density at radius 1 is 1.22 bits per heavy atom. The first-order valence-electron chi connectivity index (χ1n) is 8.67. The molecule has 2 atom stereocenters. The molecule has 0 saturated carbocycles. The normalized spacial score (nSPS) is 29.0. The summed E-state index contributed by atoms with van der Waals surface area (Å²) >= 11 is 0. The second kappa shape index (κ2) is 7.07. The zero-order chi connectivity index (χ0) is 17.3. The summed E-state index contributed by atoms with van der Waals surface area (Å²) in [6, 6.07) is -0.168. The van der Waals surface area contributed by atoms with Crippen molar-refractivity contribution in [1.29, 1.82) is 0 Å². The van der Waals surface area contributed by atoms with E-state index in [2.05, 4.69) is 25.5 Å². The molecule has 0 aliphatic carbocycles. The topological polar surface area (TPSA) is 69.7 Å². The van der Waals surface area contributed by atoms with Crippen LogP contribution in [0, 0.1) is 11.3 Å². The van der Waals surface area contributed by atoms with Crippen LogP contribution in [0.5, 0.6) is 0 Å². The van der Waals surface area contributed by atoms with Crippen LogP contribution >= 0.6 is 0 Å². The molecule has 6 nitrogen and oxygen atoms in total. The minimum atomic E-state index is -3.47. The third kappa shape index (κ3) is 4.67. The van der Waals surface area contributed by atoms with E-state index in [1.807, 2.05) is 0 Å². The van der Waals surface area contributed by atoms with Crippen molar-refractivity contribution in [3.05, 3.63) is 0 Å². The van der Waals surface area contributed by atoms with Crippen LogP contribution in [-0.2, 0) is 15.0 Å². The zero-order valence-electron chi connectivity index (χ0n) is 14.8. The van der Waals surface area contributed by atoms with Gasteiger partial charge < -0.3 is 4.90 Å². The minimum Gasteiger partial charge on any atom is -0.341 e. The number of carbonyl (C=O) groups excluding carboxylic acids is 1. The summed E-state index contributed by atoms with van der Waals surface area (Å²) in [5.41, 5.74) is 0.218. The van der Waals surface area contributed by atoms with Crippen molar-refractivity contribution in [2.75, 3.05) is 26.2 Å². The summed E-state index contributed by atoms with van der Waals surface area (Å²) < 4.78 is 29.8. The quantitative estimate of drug-likeness (QED) is 0.823. The third-order valence-corrected chi connectivity index (χ3v) is 6.91. The second-order valence-electron chi connectivity index (χ2n) is 7.77. The van der Waals surface area contributed by atoms with Gasteiger partial charge in [-0.3, -0.25) is 4.79 Å². The van der Waals surface area contributed by atoms with Gasteiger partial charge in [0.05, 0.1) is 0 Å². The number of likely N-dealkylation sites (tertiary alicyclic amines) is 1. The summed E-state index contributed by atoms with van der Waals surface area (Å²) in [5, 5.41) is 0. The average molecular weight is 346 g/mol. The van der Waals surface area contributed by atoms with E-state index >= 15 is 0 Å². The highest BCUT2D eigenvalue weighted by atomic mass is 32.2. The van der Waals surface area contributed by atoms with E-state index in [4.69, 9.17) is 0 Å². The predicted octanol–water partition coefficient (Wildman–Crippen LogP) is 1.59. The summed E-state index contributed by atoms with van der Waals surface area (Å²) in [7, 11) is -3.47. The number of hydrogen-bond acceptors (Lipinski definition) is 3. The van der Waals surface area contributed by atoms with Gasteiger partial charge in [0, 0.05) is 39.1 Å². The van der Waals surface area contributed by atoms with Crippen molar-refractivity contribution in [3.63, 3.8) is 0 Å². The SMILES string of the molecule is CCC[C@@H]1CN(C(C)=O)C[C@H]1NS(=O)(=O)N1CCC(C)(C)CC1. The van der Waals surface area contributed by atoms with E-state index in [9.17, 15) is 13.2 Å². The molecule has 1 amide bonds. The van der Waals surface area contributed by atoms with Gasteiger partial charge in [0.2, 0.25) is 5.91 Å². The van der Waals surface area contributed by atoms with E-state index in [0.717, 1.165) is 25.7 Å². The van der Waals surface area contributed by atoms with E-state index in [1.54, 1.807) is 16.1 Å². The number of hydrogen-bond donors (Lipinski definition) is 1. The Labute approximate surface area is 140 Å². The highest BCUT2D eigenvalue weighted by molar-refractivity contribution is 7.87. The van der Waals surface area contributed by atoms with Gasteiger partial charge in [-0.05, 0) is 30.6 Å². The third-order valence-electron chi connectivity index (χ3n) is 5.26. The molecule has 2 saturated heterocycles. The van der Waals surface area contributed by atoms with Crippen molar-refractivity contribution in [2.24, 2.45) is 11.3 Å². The maximum atomic E-state index is 12.7. The van der Waals surface area contributed by atoms with Crippen LogP contribution in [0.25, 0.3) is 0 Å². The largest absolute Gasteiger partial charge is 0.341 e. The lowest BCUT2D eigenvalue weighted by Gasteiger charge is -2.36. The molecule has 2 aliphatic rings. The molecule has 23 heavy (non-hydrogen) atoms. The van der Waals surface area contributed by atoms with Crippen LogP contribution in [0.2, 0.25) is 0 Å². The standard InChI is InChI=1S/C16H31N3O3S/c1-5-6-14-11-18(13(2)20)12-15(14)17-23(21,22)19-9-7-16(3,4)8-10-19/h14-15,17H,5-12H2,1-4H3/t14-,15-/m1/s1. The second-order valence-corrected chi connectivity index (χ2v) is 9.47. The number of piperidine rings is 1. The van der Waals surface area contributed by atoms with Crippen LogP contribution in [0.1, 0.15) is 53.4 Å². The number of rotatable bonds is 5. The van der Waals surface area contributed by atoms with Crippen LogP contribution in [-0.4, -0.2) is 55.8 Å². The van der Waals surface area contributed by atoms with Gasteiger partial charge in [-0.2, -0.15) is 17.4 Å². The lowest BCUT2D eigenvalue weighted by Crippen LogP contribution is -2.51. The number of carbonyl (C=O) groups is 1. The molecule has 7 heteroatoms. The molecule has 2 aliphatic heterocycles. The van der Waals surface area contributed by atoms with Crippen molar-refractivity contribution >= 4 is 16.1 Å². The Morgan fingerprint density at radius 2 is 1.83 bits per heavy atom. The molecule has 0 spiro atoms. The summed E-state index contributed by atoms with van der Waals surface area (Å²) in [4.78, 5) is 13.4. The molecule has 1 N–H and O–H groups in total. The van der Waals surface area contributed by atoms with Crippen molar-refractivity contribution in [1.82, 2.24) is 13.9 Å². The first-order chi connectivity index (χ1) is 10.6. The summed E-state index contributed by atoms with van der Waals surface area (Å²) in [6.45, 7) is 10.3. The van der Waals surface area contributed by atoms with Gasteiger partial charge in [-0.1, -0.05) is 27.2 Å². The van der Waals surface area contributed by atoms with E-state index in [1.165, 1.54) is 0 Å². The highest BCUT2D eigenvalue weighted by Crippen LogP contribution is 2.31. The fourth-order valence-electron chi connectivity index (χ4n) is 3.52. The lowest BCUT2D eigenvalue weighted by atomic mass is 9.83. The van der Waals surface area contributed by atoms with E-state index in [0.29, 0.717) is 26.2 Å². The molecule has 0 radical (unpaired) electrons. The van der Waals surface area contributed by atoms with E-state index < -0.39 is 10.2 Å². The van der Waals surface area contributed by atoms with E-state index in [-0.39, 0.29) is 23.3 Å². The van der Waals surface area contributed by atoms with Crippen molar-refractivity contribution in [2.45, 2.75) is 59.4 Å². The monoisotopic (exact) mass is 345 g/mol. The highest BCUT2D eigenvalue weighted by Gasteiger charge is 2.38. The van der Waals surface area contributed by atoms with Gasteiger partial charge in [-0.25, -0.2) is 0 Å². The Kier molecular flexibility index (Phi) is 5.74. The Balaban J connectivity index is 2.02. The first kappa shape index (κ1) is 18.7. The maximum Gasteiger partial charge on any atom is 0.279 e. The summed E-state index contributed by atoms with van der Waals surface area (Å²) in [6.07, 6.45) is 3.70. The fraction of sp³-hybridized carbons (Fsp3) is 0.938. The molecule has 0 aromatic heterocycles. The Morgan fingerprint density at radius 3 is 2.35 bits per heavy atom. The molecule has 2 rings (SSSR count). The van der Waals surface area contributed by atoms with Gasteiger partial charge in [0.1, 0.15) is 0 Å². The van der Waals surface area contributed by atoms with Gasteiger partial charge >= 0.3 is 0 Å². The zero-order valence-corrected chi connectivity index (χ0v) is 15.7.